The molecule has 1 N–H and O–H groups in total. The second kappa shape index (κ2) is 7.83. The number of hydrogen-bond acceptors (Lipinski definition) is 4. The lowest BCUT2D eigenvalue weighted by Crippen LogP contribution is -2.28. The Bertz CT molecular complexity index is 1100. The third-order valence-corrected chi connectivity index (χ3v) is 5.96. The second-order valence-electron chi connectivity index (χ2n) is 7.18. The summed E-state index contributed by atoms with van der Waals surface area (Å²) in [6.07, 6.45) is 6.01. The minimum absolute atomic E-state index is 0.0350. The summed E-state index contributed by atoms with van der Waals surface area (Å²) in [7, 11) is 0. The van der Waals surface area contributed by atoms with Crippen molar-refractivity contribution in [3.8, 4) is 0 Å². The molecule has 0 atom stereocenters. The highest BCUT2D eigenvalue weighted by atomic mass is 32.2. The van der Waals surface area contributed by atoms with Crippen molar-refractivity contribution in [3.05, 3.63) is 52.2 Å². The summed E-state index contributed by atoms with van der Waals surface area (Å²) in [5.74, 6) is 0.712. The van der Waals surface area contributed by atoms with Gasteiger partial charge in [0, 0.05) is 29.2 Å². The standard InChI is InChI=1S/C21H24N4O2S/c1-14-11-17-20(21(27)24-10-5-3-4-9-18(24)23-17)25(14)13-19(26)22-15-7-6-8-16(12-15)28-2/h6-8,11-12H,3-5,9-10,13H2,1-2H3,(H,22,26). The fourth-order valence-corrected chi connectivity index (χ4v) is 4.27. The Morgan fingerprint density at radius 1 is 1.25 bits per heavy atom. The first-order chi connectivity index (χ1) is 13.6. The molecule has 0 saturated carbocycles. The van der Waals surface area contributed by atoms with E-state index in [-0.39, 0.29) is 18.0 Å². The van der Waals surface area contributed by atoms with Gasteiger partial charge in [-0.1, -0.05) is 12.5 Å². The van der Waals surface area contributed by atoms with E-state index in [1.807, 2.05) is 43.5 Å². The van der Waals surface area contributed by atoms with Gasteiger partial charge in [-0.3, -0.25) is 14.2 Å². The first-order valence-corrected chi connectivity index (χ1v) is 10.8. The SMILES string of the molecule is CSc1cccc(NC(=O)Cn2c(C)cc3nc4n(c(=O)c32)CCCCC4)c1. The zero-order valence-corrected chi connectivity index (χ0v) is 17.0. The molecule has 146 valence electrons. The minimum Gasteiger partial charge on any atom is -0.330 e. The zero-order valence-electron chi connectivity index (χ0n) is 16.2. The largest absolute Gasteiger partial charge is 0.330 e. The minimum atomic E-state index is -0.154. The quantitative estimate of drug-likeness (QED) is 0.684. The molecule has 7 heteroatoms. The summed E-state index contributed by atoms with van der Waals surface area (Å²) in [4.78, 5) is 31.6. The molecule has 0 spiro atoms. The Morgan fingerprint density at radius 3 is 2.93 bits per heavy atom. The predicted molar refractivity (Wildman–Crippen MR) is 113 cm³/mol. The number of thioether (sulfide) groups is 1. The van der Waals surface area contributed by atoms with Crippen LogP contribution in [0.25, 0.3) is 11.0 Å². The van der Waals surface area contributed by atoms with Crippen LogP contribution in [0.2, 0.25) is 0 Å². The van der Waals surface area contributed by atoms with Crippen LogP contribution in [0.4, 0.5) is 5.69 Å². The van der Waals surface area contributed by atoms with E-state index >= 15 is 0 Å². The van der Waals surface area contributed by atoms with Gasteiger partial charge in [0.25, 0.3) is 5.56 Å². The van der Waals surface area contributed by atoms with Gasteiger partial charge in [0.15, 0.2) is 0 Å². The molecule has 3 aromatic rings. The van der Waals surface area contributed by atoms with Crippen LogP contribution in [0.3, 0.4) is 0 Å². The van der Waals surface area contributed by atoms with Gasteiger partial charge in [0.05, 0.1) is 5.52 Å². The first-order valence-electron chi connectivity index (χ1n) is 9.60. The number of fused-ring (bicyclic) bond motifs is 2. The van der Waals surface area contributed by atoms with E-state index in [9.17, 15) is 9.59 Å². The van der Waals surface area contributed by atoms with Crippen molar-refractivity contribution in [2.45, 2.75) is 50.6 Å². The summed E-state index contributed by atoms with van der Waals surface area (Å²) in [6.45, 7) is 2.71. The van der Waals surface area contributed by atoms with E-state index in [1.54, 1.807) is 20.9 Å². The highest BCUT2D eigenvalue weighted by Crippen LogP contribution is 2.21. The van der Waals surface area contributed by atoms with Crippen LogP contribution in [0, 0.1) is 6.92 Å². The maximum atomic E-state index is 13.2. The summed E-state index contributed by atoms with van der Waals surface area (Å²) >= 11 is 1.63. The molecule has 0 bridgehead atoms. The Kier molecular flexibility index (Phi) is 5.26. The molecule has 0 aliphatic carbocycles. The van der Waals surface area contributed by atoms with Gasteiger partial charge >= 0.3 is 0 Å². The van der Waals surface area contributed by atoms with Gasteiger partial charge in [0.1, 0.15) is 17.9 Å². The number of nitrogens with one attached hydrogen (secondary N) is 1. The molecule has 1 aliphatic rings. The lowest BCUT2D eigenvalue weighted by atomic mass is 10.2. The normalized spacial score (nSPS) is 13.9. The molecule has 2 aromatic heterocycles. The van der Waals surface area contributed by atoms with E-state index < -0.39 is 0 Å². The maximum Gasteiger partial charge on any atom is 0.278 e. The lowest BCUT2D eigenvalue weighted by molar-refractivity contribution is -0.116. The number of carbonyl (C=O) groups excluding carboxylic acids is 1. The molecule has 4 rings (SSSR count). The lowest BCUT2D eigenvalue weighted by Gasteiger charge is -2.12. The fourth-order valence-electron chi connectivity index (χ4n) is 3.81. The monoisotopic (exact) mass is 396 g/mol. The number of amides is 1. The number of aromatic nitrogens is 3. The van der Waals surface area contributed by atoms with Crippen molar-refractivity contribution in [2.24, 2.45) is 0 Å². The number of benzene rings is 1. The highest BCUT2D eigenvalue weighted by Gasteiger charge is 2.19. The van der Waals surface area contributed by atoms with Crippen LogP contribution in [-0.4, -0.2) is 26.3 Å². The fraction of sp³-hybridized carbons (Fsp3) is 0.381. The van der Waals surface area contributed by atoms with Crippen LogP contribution in [0.5, 0.6) is 0 Å². The first kappa shape index (κ1) is 18.8. The van der Waals surface area contributed by atoms with Crippen LogP contribution in [0.1, 0.15) is 30.8 Å². The summed E-state index contributed by atoms with van der Waals surface area (Å²) in [6, 6.07) is 9.64. The summed E-state index contributed by atoms with van der Waals surface area (Å²) < 4.78 is 3.59. The van der Waals surface area contributed by atoms with Gasteiger partial charge in [-0.2, -0.15) is 0 Å². The Balaban J connectivity index is 1.66. The van der Waals surface area contributed by atoms with Crippen molar-refractivity contribution < 1.29 is 4.79 Å². The van der Waals surface area contributed by atoms with Crippen LogP contribution >= 0.6 is 11.8 Å². The van der Waals surface area contributed by atoms with Crippen molar-refractivity contribution in [2.75, 3.05) is 11.6 Å². The molecule has 0 unspecified atom stereocenters. The molecule has 6 nitrogen and oxygen atoms in total. The third kappa shape index (κ3) is 3.58. The van der Waals surface area contributed by atoms with Gasteiger partial charge in [-0.15, -0.1) is 11.8 Å². The van der Waals surface area contributed by atoms with Crippen molar-refractivity contribution >= 4 is 34.4 Å². The van der Waals surface area contributed by atoms with Gasteiger partial charge in [-0.05, 0) is 50.3 Å². The molecule has 1 amide bonds. The smallest absolute Gasteiger partial charge is 0.278 e. The Morgan fingerprint density at radius 2 is 2.11 bits per heavy atom. The van der Waals surface area contributed by atoms with Gasteiger partial charge in [-0.25, -0.2) is 4.98 Å². The van der Waals surface area contributed by atoms with Gasteiger partial charge < -0.3 is 9.88 Å². The number of rotatable bonds is 4. The molecular weight excluding hydrogens is 372 g/mol. The van der Waals surface area contributed by atoms with Crippen molar-refractivity contribution in [3.63, 3.8) is 0 Å². The summed E-state index contributed by atoms with van der Waals surface area (Å²) in [5, 5.41) is 2.94. The third-order valence-electron chi connectivity index (χ3n) is 5.23. The van der Waals surface area contributed by atoms with E-state index in [0.717, 1.165) is 47.8 Å². The molecule has 0 radical (unpaired) electrons. The number of aryl methyl sites for hydroxylation is 2. The predicted octanol–water partition coefficient (Wildman–Crippen LogP) is 3.59. The van der Waals surface area contributed by atoms with Crippen molar-refractivity contribution in [1.29, 1.82) is 0 Å². The number of hydrogen-bond donors (Lipinski definition) is 1. The second-order valence-corrected chi connectivity index (χ2v) is 8.06. The van der Waals surface area contributed by atoms with E-state index in [2.05, 4.69) is 5.32 Å². The average molecular weight is 397 g/mol. The highest BCUT2D eigenvalue weighted by molar-refractivity contribution is 7.98. The van der Waals surface area contributed by atoms with E-state index in [0.29, 0.717) is 17.6 Å². The Labute approximate surface area is 168 Å². The topological polar surface area (TPSA) is 68.9 Å². The maximum absolute atomic E-state index is 13.2. The summed E-state index contributed by atoms with van der Waals surface area (Å²) in [5.41, 5.74) is 2.80. The Hall–Kier alpha value is -2.54. The van der Waals surface area contributed by atoms with E-state index in [1.165, 1.54) is 0 Å². The molecule has 3 heterocycles. The average Bonchev–Trinajstić information content (AvgIpc) is 2.84. The molecule has 1 aliphatic heterocycles. The molecule has 28 heavy (non-hydrogen) atoms. The van der Waals surface area contributed by atoms with Crippen molar-refractivity contribution in [1.82, 2.24) is 14.1 Å². The molecule has 0 fully saturated rings. The van der Waals surface area contributed by atoms with Crippen LogP contribution < -0.4 is 10.9 Å². The number of nitrogens with zero attached hydrogens (tertiary/aromatic N) is 3. The van der Waals surface area contributed by atoms with Crippen LogP contribution in [-0.2, 0) is 24.3 Å². The number of anilines is 1. The molecule has 1 aromatic carbocycles. The van der Waals surface area contributed by atoms with Crippen LogP contribution in [0.15, 0.2) is 40.0 Å². The molecule has 0 saturated heterocycles. The van der Waals surface area contributed by atoms with E-state index in [4.69, 9.17) is 4.98 Å². The molecular formula is C21H24N4O2S. The zero-order chi connectivity index (χ0) is 19.7. The van der Waals surface area contributed by atoms with Gasteiger partial charge in [0.2, 0.25) is 5.91 Å². The number of carbonyl (C=O) groups is 1.